The lowest BCUT2D eigenvalue weighted by Gasteiger charge is -2.37. The summed E-state index contributed by atoms with van der Waals surface area (Å²) in [5, 5.41) is 16.4. The van der Waals surface area contributed by atoms with E-state index in [0.717, 1.165) is 6.07 Å². The highest BCUT2D eigenvalue weighted by molar-refractivity contribution is 6.00. The molecule has 10 heteroatoms. The van der Waals surface area contributed by atoms with Crippen LogP contribution in [0.3, 0.4) is 0 Å². The number of carbonyl (C=O) groups is 2. The number of fused-ring (bicyclic) bond motifs is 2. The van der Waals surface area contributed by atoms with Gasteiger partial charge in [0, 0.05) is 36.5 Å². The van der Waals surface area contributed by atoms with Gasteiger partial charge < -0.3 is 19.9 Å². The lowest BCUT2D eigenvalue weighted by molar-refractivity contribution is 0.0591. The van der Waals surface area contributed by atoms with E-state index in [4.69, 9.17) is 0 Å². The summed E-state index contributed by atoms with van der Waals surface area (Å²) in [7, 11) is 0. The molecular formula is C21H20F2N4O4. The highest BCUT2D eigenvalue weighted by Crippen LogP contribution is 2.41. The molecule has 1 fully saturated rings. The molecule has 0 radical (unpaired) electrons. The highest BCUT2D eigenvalue weighted by atomic mass is 19.1. The predicted molar refractivity (Wildman–Crippen MR) is 105 cm³/mol. The van der Waals surface area contributed by atoms with Crippen molar-refractivity contribution in [1.82, 2.24) is 20.1 Å². The number of aromatic nitrogens is 1. The van der Waals surface area contributed by atoms with Crippen LogP contribution in [0.1, 0.15) is 51.5 Å². The van der Waals surface area contributed by atoms with Crippen LogP contribution in [0.2, 0.25) is 0 Å². The summed E-state index contributed by atoms with van der Waals surface area (Å²) in [4.78, 5) is 40.4. The van der Waals surface area contributed by atoms with Gasteiger partial charge in [0.1, 0.15) is 23.4 Å². The van der Waals surface area contributed by atoms with Gasteiger partial charge in [0.25, 0.3) is 11.8 Å². The molecular weight excluding hydrogens is 410 g/mol. The van der Waals surface area contributed by atoms with E-state index in [1.165, 1.54) is 6.07 Å². The maximum absolute atomic E-state index is 13.9. The number of rotatable bonds is 3. The van der Waals surface area contributed by atoms with Crippen molar-refractivity contribution in [2.45, 2.75) is 44.6 Å². The number of nitrogens with one attached hydrogen (secondary N) is 2. The zero-order valence-corrected chi connectivity index (χ0v) is 16.6. The highest BCUT2D eigenvalue weighted by Gasteiger charge is 2.49. The molecule has 4 heterocycles. The van der Waals surface area contributed by atoms with Gasteiger partial charge in [0.15, 0.2) is 11.4 Å². The number of benzene rings is 1. The van der Waals surface area contributed by atoms with Gasteiger partial charge in [0.2, 0.25) is 5.43 Å². The molecule has 8 nitrogen and oxygen atoms in total. The first kappa shape index (κ1) is 19.7. The Morgan fingerprint density at radius 2 is 2.10 bits per heavy atom. The number of pyridine rings is 1. The number of hydrogen-bond acceptors (Lipinski definition) is 5. The van der Waals surface area contributed by atoms with Crippen molar-refractivity contribution in [2.75, 3.05) is 6.54 Å². The second-order valence-corrected chi connectivity index (χ2v) is 8.21. The molecule has 0 spiro atoms. The van der Waals surface area contributed by atoms with Crippen LogP contribution < -0.4 is 16.1 Å². The number of hydrogen-bond donors (Lipinski definition) is 3. The van der Waals surface area contributed by atoms with E-state index in [1.807, 2.05) is 6.92 Å². The van der Waals surface area contributed by atoms with Crippen molar-refractivity contribution in [3.05, 3.63) is 62.6 Å². The largest absolute Gasteiger partial charge is 0.503 e. The van der Waals surface area contributed by atoms with Crippen LogP contribution >= 0.6 is 0 Å². The average Bonchev–Trinajstić information content (AvgIpc) is 3.31. The van der Waals surface area contributed by atoms with E-state index < -0.39 is 34.6 Å². The van der Waals surface area contributed by atoms with Gasteiger partial charge in [-0.25, -0.2) is 8.78 Å². The minimum Gasteiger partial charge on any atom is -0.503 e. The summed E-state index contributed by atoms with van der Waals surface area (Å²) >= 11 is 0. The summed E-state index contributed by atoms with van der Waals surface area (Å²) in [6.07, 6.45) is 0.702. The standard InChI is InChI=1S/C21H20F2N4O4/c1-9-8-26-19(25-9)14-5-4-13-15(17(28)18(29)16(21(26)31)27(13)14)20(30)24-7-10-2-3-11(22)6-12(10)23/h2-3,6,9,14,19,25,29H,4-5,7-8H2,1H3,(H,24,30). The van der Waals surface area contributed by atoms with E-state index in [1.54, 1.807) is 9.47 Å². The summed E-state index contributed by atoms with van der Waals surface area (Å²) < 4.78 is 28.6. The second kappa shape index (κ2) is 6.88. The van der Waals surface area contributed by atoms with Gasteiger partial charge in [-0.2, -0.15) is 0 Å². The fraction of sp³-hybridized carbons (Fsp3) is 0.381. The van der Waals surface area contributed by atoms with E-state index in [0.29, 0.717) is 31.1 Å². The van der Waals surface area contributed by atoms with Crippen LogP contribution in [0.25, 0.3) is 0 Å². The molecule has 3 aliphatic rings. The van der Waals surface area contributed by atoms with Gasteiger partial charge in [-0.15, -0.1) is 0 Å². The van der Waals surface area contributed by atoms with E-state index in [9.17, 15) is 28.3 Å². The molecule has 3 N–H and O–H groups in total. The van der Waals surface area contributed by atoms with Crippen molar-refractivity contribution >= 4 is 11.8 Å². The average molecular weight is 430 g/mol. The first-order valence-corrected chi connectivity index (χ1v) is 10.1. The number of carbonyl (C=O) groups excluding carboxylic acids is 2. The number of aromatic hydroxyl groups is 1. The van der Waals surface area contributed by atoms with Crippen LogP contribution in [-0.4, -0.2) is 45.1 Å². The summed E-state index contributed by atoms with van der Waals surface area (Å²) in [6.45, 7) is 2.15. The lowest BCUT2D eigenvalue weighted by atomic mass is 10.1. The topological polar surface area (TPSA) is 104 Å². The molecule has 0 aliphatic carbocycles. The fourth-order valence-electron chi connectivity index (χ4n) is 4.92. The zero-order valence-electron chi connectivity index (χ0n) is 16.6. The molecule has 162 valence electrons. The third kappa shape index (κ3) is 2.85. The SMILES string of the molecule is CC1CN2C(=O)c3c(O)c(=O)c(C(=O)NCc4ccc(F)cc4F)c4n3C(CC4)C2N1. The molecule has 0 saturated carbocycles. The van der Waals surface area contributed by atoms with E-state index in [2.05, 4.69) is 10.6 Å². The molecule has 3 unspecified atom stereocenters. The molecule has 1 aromatic carbocycles. The van der Waals surface area contributed by atoms with Crippen molar-refractivity contribution < 1.29 is 23.5 Å². The smallest absolute Gasteiger partial charge is 0.275 e. The van der Waals surface area contributed by atoms with Crippen molar-refractivity contribution in [1.29, 1.82) is 0 Å². The third-order valence-electron chi connectivity index (χ3n) is 6.27. The Balaban J connectivity index is 1.53. The fourth-order valence-corrected chi connectivity index (χ4v) is 4.92. The van der Waals surface area contributed by atoms with E-state index >= 15 is 0 Å². The molecule has 2 aromatic rings. The van der Waals surface area contributed by atoms with Crippen LogP contribution in [0.5, 0.6) is 5.75 Å². The summed E-state index contributed by atoms with van der Waals surface area (Å²) in [5.74, 6) is -3.54. The second-order valence-electron chi connectivity index (χ2n) is 8.21. The summed E-state index contributed by atoms with van der Waals surface area (Å²) in [5.41, 5.74) is -0.823. The molecule has 1 aromatic heterocycles. The number of halogens is 2. The molecule has 3 aliphatic heterocycles. The molecule has 2 amide bonds. The van der Waals surface area contributed by atoms with Gasteiger partial charge in [-0.05, 0) is 25.8 Å². The Hall–Kier alpha value is -3.27. The number of amides is 2. The Labute approximate surface area is 175 Å². The quantitative estimate of drug-likeness (QED) is 0.675. The first-order chi connectivity index (χ1) is 14.8. The molecule has 31 heavy (non-hydrogen) atoms. The van der Waals surface area contributed by atoms with Gasteiger partial charge in [-0.1, -0.05) is 6.07 Å². The van der Waals surface area contributed by atoms with E-state index in [-0.39, 0.29) is 41.6 Å². The van der Waals surface area contributed by atoms with Crippen molar-refractivity contribution in [3.8, 4) is 5.75 Å². The normalized spacial score (nSPS) is 23.6. The lowest BCUT2D eigenvalue weighted by Crippen LogP contribution is -2.51. The Morgan fingerprint density at radius 3 is 2.84 bits per heavy atom. The van der Waals surface area contributed by atoms with Crippen LogP contribution in [-0.2, 0) is 13.0 Å². The summed E-state index contributed by atoms with van der Waals surface area (Å²) in [6, 6.07) is 2.84. The Morgan fingerprint density at radius 1 is 1.32 bits per heavy atom. The predicted octanol–water partition coefficient (Wildman–Crippen LogP) is 1.02. The van der Waals surface area contributed by atoms with Crippen LogP contribution in [0.15, 0.2) is 23.0 Å². The van der Waals surface area contributed by atoms with Crippen LogP contribution in [0.4, 0.5) is 8.78 Å². The first-order valence-electron chi connectivity index (χ1n) is 10.1. The third-order valence-corrected chi connectivity index (χ3v) is 6.27. The van der Waals surface area contributed by atoms with Crippen LogP contribution in [0, 0.1) is 11.6 Å². The monoisotopic (exact) mass is 430 g/mol. The van der Waals surface area contributed by atoms with Crippen molar-refractivity contribution in [2.24, 2.45) is 0 Å². The molecule has 3 atom stereocenters. The minimum atomic E-state index is -0.925. The maximum atomic E-state index is 13.9. The molecule has 1 saturated heterocycles. The maximum Gasteiger partial charge on any atom is 0.275 e. The van der Waals surface area contributed by atoms with Gasteiger partial charge >= 0.3 is 0 Å². The number of nitrogens with zero attached hydrogens (tertiary/aromatic N) is 2. The molecule has 5 rings (SSSR count). The Bertz CT molecular complexity index is 1190. The van der Waals surface area contributed by atoms with Crippen molar-refractivity contribution in [3.63, 3.8) is 0 Å². The Kier molecular flexibility index (Phi) is 4.37. The zero-order chi connectivity index (χ0) is 22.0. The molecule has 0 bridgehead atoms. The van der Waals surface area contributed by atoms with Gasteiger partial charge in [-0.3, -0.25) is 19.7 Å². The van der Waals surface area contributed by atoms with Gasteiger partial charge in [0.05, 0.1) is 6.04 Å². The minimum absolute atomic E-state index is 0.0568.